The normalized spacial score (nSPS) is 11.9. The van der Waals surface area contributed by atoms with Gasteiger partial charge in [0.2, 0.25) is 0 Å². The molecule has 0 bridgehead atoms. The zero-order valence-corrected chi connectivity index (χ0v) is 10.8. The minimum absolute atomic E-state index is 0.195. The average Bonchev–Trinajstić information content (AvgIpc) is 2.94. The molecule has 100 valence electrons. The van der Waals surface area contributed by atoms with Crippen LogP contribution in [0.3, 0.4) is 0 Å². The van der Waals surface area contributed by atoms with Crippen LogP contribution in [0.4, 0.5) is 5.82 Å². The molecule has 0 spiro atoms. The molecule has 19 heavy (non-hydrogen) atoms. The molecule has 1 atom stereocenters. The Bertz CT molecular complexity index is 522. The van der Waals surface area contributed by atoms with Crippen molar-refractivity contribution < 1.29 is 4.79 Å². The molecule has 3 N–H and O–H groups in total. The highest BCUT2D eigenvalue weighted by Crippen LogP contribution is 2.08. The van der Waals surface area contributed by atoms with Gasteiger partial charge in [-0.3, -0.25) is 9.89 Å². The van der Waals surface area contributed by atoms with Crippen LogP contribution in [0, 0.1) is 0 Å². The number of H-pyrrole nitrogens is 1. The van der Waals surface area contributed by atoms with E-state index in [9.17, 15) is 4.79 Å². The van der Waals surface area contributed by atoms with Crippen molar-refractivity contribution in [1.29, 1.82) is 0 Å². The van der Waals surface area contributed by atoms with Crippen molar-refractivity contribution in [3.8, 4) is 0 Å². The summed E-state index contributed by atoms with van der Waals surface area (Å²) < 4.78 is 0. The summed E-state index contributed by atoms with van der Waals surface area (Å²) in [7, 11) is 0. The lowest BCUT2D eigenvalue weighted by Crippen LogP contribution is -2.27. The highest BCUT2D eigenvalue weighted by molar-refractivity contribution is 5.94. The predicted octanol–water partition coefficient (Wildman–Crippen LogP) is 1.12. The van der Waals surface area contributed by atoms with Crippen molar-refractivity contribution in [2.75, 3.05) is 11.9 Å². The maximum atomic E-state index is 12.0. The minimum atomic E-state index is -0.233. The van der Waals surface area contributed by atoms with Gasteiger partial charge in [-0.25, -0.2) is 9.97 Å². The lowest BCUT2D eigenvalue weighted by atomic mass is 10.2. The molecule has 7 heteroatoms. The van der Waals surface area contributed by atoms with E-state index in [2.05, 4.69) is 30.8 Å². The highest BCUT2D eigenvalue weighted by atomic mass is 16.1. The molecule has 2 aromatic heterocycles. The quantitative estimate of drug-likeness (QED) is 0.748. The van der Waals surface area contributed by atoms with E-state index in [1.807, 2.05) is 13.8 Å². The van der Waals surface area contributed by atoms with E-state index in [0.717, 1.165) is 12.4 Å². The van der Waals surface area contributed by atoms with Crippen LogP contribution in [-0.2, 0) is 0 Å². The summed E-state index contributed by atoms with van der Waals surface area (Å²) in [6.45, 7) is 4.61. The average molecular weight is 260 g/mol. The topological polar surface area (TPSA) is 95.6 Å². The fourth-order valence-electron chi connectivity index (χ4n) is 1.59. The number of anilines is 1. The third-order valence-corrected chi connectivity index (χ3v) is 2.57. The molecular formula is C12H16N6O. The van der Waals surface area contributed by atoms with Crippen molar-refractivity contribution in [2.45, 2.75) is 19.9 Å². The molecule has 0 aliphatic carbocycles. The first-order valence-electron chi connectivity index (χ1n) is 6.06. The Kier molecular flexibility index (Phi) is 4.07. The maximum Gasteiger partial charge on any atom is 0.253 e. The monoisotopic (exact) mass is 260 g/mol. The molecule has 2 rings (SSSR count). The van der Waals surface area contributed by atoms with Gasteiger partial charge >= 0.3 is 0 Å². The zero-order chi connectivity index (χ0) is 13.7. The number of nitrogens with one attached hydrogen (secondary N) is 3. The Morgan fingerprint density at radius 2 is 2.26 bits per heavy atom. The Morgan fingerprint density at radius 1 is 1.42 bits per heavy atom. The summed E-state index contributed by atoms with van der Waals surface area (Å²) in [4.78, 5) is 20.1. The number of aromatic amines is 1. The molecule has 7 nitrogen and oxygen atoms in total. The molecule has 2 heterocycles. The Hall–Kier alpha value is -2.44. The van der Waals surface area contributed by atoms with Crippen LogP contribution in [-0.4, -0.2) is 32.6 Å². The number of carbonyl (C=O) groups excluding carboxylic acids is 1. The highest BCUT2D eigenvalue weighted by Gasteiger charge is 2.13. The second-order valence-corrected chi connectivity index (χ2v) is 4.03. The van der Waals surface area contributed by atoms with Gasteiger partial charge in [0.05, 0.1) is 11.6 Å². The zero-order valence-electron chi connectivity index (χ0n) is 10.8. The van der Waals surface area contributed by atoms with Crippen LogP contribution in [0.5, 0.6) is 0 Å². The van der Waals surface area contributed by atoms with Crippen molar-refractivity contribution in [2.24, 2.45) is 0 Å². The summed E-state index contributed by atoms with van der Waals surface area (Å²) in [5.41, 5.74) is 0.507. The summed E-state index contributed by atoms with van der Waals surface area (Å²) in [6.07, 6.45) is 2.95. The van der Waals surface area contributed by atoms with Gasteiger partial charge < -0.3 is 10.6 Å². The van der Waals surface area contributed by atoms with Crippen LogP contribution in [0.25, 0.3) is 0 Å². The van der Waals surface area contributed by atoms with Gasteiger partial charge in [0.25, 0.3) is 5.91 Å². The van der Waals surface area contributed by atoms with Gasteiger partial charge in [-0.2, -0.15) is 5.10 Å². The van der Waals surface area contributed by atoms with Gasteiger partial charge in [0.1, 0.15) is 18.0 Å². The Morgan fingerprint density at radius 3 is 2.84 bits per heavy atom. The fourth-order valence-corrected chi connectivity index (χ4v) is 1.59. The van der Waals surface area contributed by atoms with Gasteiger partial charge in [-0.1, -0.05) is 0 Å². The van der Waals surface area contributed by atoms with Crippen LogP contribution >= 0.6 is 0 Å². The summed E-state index contributed by atoms with van der Waals surface area (Å²) >= 11 is 0. The lowest BCUT2D eigenvalue weighted by Gasteiger charge is -2.11. The summed E-state index contributed by atoms with van der Waals surface area (Å²) in [5.74, 6) is 1.17. The van der Waals surface area contributed by atoms with Crippen LogP contribution in [0.2, 0.25) is 0 Å². The van der Waals surface area contributed by atoms with E-state index in [1.54, 1.807) is 18.3 Å². The number of carbonyl (C=O) groups is 1. The van der Waals surface area contributed by atoms with E-state index >= 15 is 0 Å². The molecule has 0 aliphatic heterocycles. The molecule has 0 aromatic carbocycles. The van der Waals surface area contributed by atoms with Crippen molar-refractivity contribution in [3.05, 3.63) is 36.0 Å². The number of nitrogens with zero attached hydrogens (tertiary/aromatic N) is 3. The molecular weight excluding hydrogens is 244 g/mol. The molecule has 0 saturated heterocycles. The van der Waals surface area contributed by atoms with E-state index < -0.39 is 0 Å². The summed E-state index contributed by atoms with van der Waals surface area (Å²) in [6, 6.07) is 3.27. The van der Waals surface area contributed by atoms with Gasteiger partial charge in [-0.15, -0.1) is 0 Å². The number of rotatable bonds is 5. The number of hydrogen-bond acceptors (Lipinski definition) is 5. The fraction of sp³-hybridized carbons (Fsp3) is 0.333. The molecule has 1 amide bonds. The van der Waals surface area contributed by atoms with Crippen LogP contribution < -0.4 is 10.6 Å². The SMILES string of the molecule is CCNc1ccc(C(=O)NC(C)c2ncn[nH]2)cn1. The van der Waals surface area contributed by atoms with Gasteiger partial charge in [0.15, 0.2) is 0 Å². The number of pyridine rings is 1. The standard InChI is InChI=1S/C12H16N6O/c1-3-13-10-5-4-9(6-14-10)12(19)17-8(2)11-15-7-16-18-11/h4-8H,3H2,1-2H3,(H,13,14)(H,17,19)(H,15,16,18). The van der Waals surface area contributed by atoms with Crippen LogP contribution in [0.15, 0.2) is 24.7 Å². The molecule has 0 saturated carbocycles. The first-order chi connectivity index (χ1) is 9.20. The number of aromatic nitrogens is 4. The summed E-state index contributed by atoms with van der Waals surface area (Å²) in [5, 5.41) is 12.4. The molecule has 2 aromatic rings. The van der Waals surface area contributed by atoms with Crippen LogP contribution in [0.1, 0.15) is 36.1 Å². The first kappa shape index (κ1) is 13.0. The van der Waals surface area contributed by atoms with Gasteiger partial charge in [0, 0.05) is 12.7 Å². The van der Waals surface area contributed by atoms with E-state index in [-0.39, 0.29) is 11.9 Å². The number of hydrogen-bond donors (Lipinski definition) is 3. The second-order valence-electron chi connectivity index (χ2n) is 4.03. The lowest BCUT2D eigenvalue weighted by molar-refractivity contribution is 0.0938. The molecule has 0 aliphatic rings. The minimum Gasteiger partial charge on any atom is -0.370 e. The predicted molar refractivity (Wildman–Crippen MR) is 70.7 cm³/mol. The Balaban J connectivity index is 1.99. The first-order valence-corrected chi connectivity index (χ1v) is 6.06. The smallest absolute Gasteiger partial charge is 0.253 e. The molecule has 1 unspecified atom stereocenters. The van der Waals surface area contributed by atoms with E-state index in [0.29, 0.717) is 11.4 Å². The third-order valence-electron chi connectivity index (χ3n) is 2.57. The Labute approximate surface area is 110 Å². The van der Waals surface area contributed by atoms with Crippen molar-refractivity contribution in [1.82, 2.24) is 25.5 Å². The van der Waals surface area contributed by atoms with E-state index in [1.165, 1.54) is 6.33 Å². The van der Waals surface area contributed by atoms with Gasteiger partial charge in [-0.05, 0) is 26.0 Å². The van der Waals surface area contributed by atoms with Crippen molar-refractivity contribution in [3.63, 3.8) is 0 Å². The molecule has 0 fully saturated rings. The third kappa shape index (κ3) is 3.27. The number of amides is 1. The second kappa shape index (κ2) is 5.94. The maximum absolute atomic E-state index is 12.0. The largest absolute Gasteiger partial charge is 0.370 e. The molecule has 0 radical (unpaired) electrons. The van der Waals surface area contributed by atoms with Crippen molar-refractivity contribution >= 4 is 11.7 Å². The van der Waals surface area contributed by atoms with E-state index in [4.69, 9.17) is 0 Å².